The molecule has 1 saturated heterocycles. The molecule has 1 aromatic rings. The van der Waals surface area contributed by atoms with Crippen molar-refractivity contribution in [2.45, 2.75) is 26.2 Å². The lowest BCUT2D eigenvalue weighted by atomic mass is 10.1. The van der Waals surface area contributed by atoms with E-state index in [-0.39, 0.29) is 11.8 Å². The Morgan fingerprint density at radius 1 is 1.05 bits per heavy atom. The van der Waals surface area contributed by atoms with Crippen molar-refractivity contribution >= 4 is 11.8 Å². The Kier molecular flexibility index (Phi) is 5.09. The lowest BCUT2D eigenvalue weighted by Crippen LogP contribution is -2.50. The molecular weight excluding hydrogens is 254 g/mol. The van der Waals surface area contributed by atoms with Gasteiger partial charge in [0.2, 0.25) is 11.8 Å². The monoisotopic (exact) mass is 275 g/mol. The first-order chi connectivity index (χ1) is 9.70. The predicted octanol–water partition coefficient (Wildman–Crippen LogP) is 1.09. The number of nitrogens with zero attached hydrogens (tertiary/aromatic N) is 3. The number of hydrogen-bond donors (Lipinski definition) is 0. The van der Waals surface area contributed by atoms with Crippen LogP contribution in [0.4, 0.5) is 0 Å². The van der Waals surface area contributed by atoms with Gasteiger partial charge in [-0.1, -0.05) is 6.92 Å². The van der Waals surface area contributed by atoms with Crippen molar-refractivity contribution in [3.63, 3.8) is 0 Å². The summed E-state index contributed by atoms with van der Waals surface area (Å²) >= 11 is 0. The fourth-order valence-corrected chi connectivity index (χ4v) is 2.36. The van der Waals surface area contributed by atoms with E-state index in [1.807, 2.05) is 28.9 Å². The van der Waals surface area contributed by atoms with Crippen LogP contribution < -0.4 is 0 Å². The molecule has 0 N–H and O–H groups in total. The number of aromatic nitrogens is 1. The average Bonchev–Trinajstić information content (AvgIpc) is 2.48. The normalized spacial score (nSPS) is 15.2. The van der Waals surface area contributed by atoms with Gasteiger partial charge < -0.3 is 9.80 Å². The van der Waals surface area contributed by atoms with Gasteiger partial charge in [-0.25, -0.2) is 0 Å². The largest absolute Gasteiger partial charge is 0.339 e. The van der Waals surface area contributed by atoms with E-state index < -0.39 is 0 Å². The van der Waals surface area contributed by atoms with E-state index in [0.717, 1.165) is 12.0 Å². The number of rotatable bonds is 4. The summed E-state index contributed by atoms with van der Waals surface area (Å²) in [5, 5.41) is 0. The molecule has 1 aliphatic heterocycles. The van der Waals surface area contributed by atoms with Gasteiger partial charge in [-0.05, 0) is 24.1 Å². The molecule has 1 fully saturated rings. The van der Waals surface area contributed by atoms with E-state index in [1.165, 1.54) is 0 Å². The number of piperazine rings is 1. The molecule has 1 aromatic heterocycles. The summed E-state index contributed by atoms with van der Waals surface area (Å²) in [6, 6.07) is 3.72. The molecule has 0 radical (unpaired) electrons. The highest BCUT2D eigenvalue weighted by Crippen LogP contribution is 2.08. The zero-order chi connectivity index (χ0) is 14.4. The number of amides is 2. The van der Waals surface area contributed by atoms with Crippen LogP contribution in [0, 0.1) is 0 Å². The minimum atomic E-state index is 0.124. The third-order valence-corrected chi connectivity index (χ3v) is 3.55. The van der Waals surface area contributed by atoms with E-state index in [2.05, 4.69) is 4.98 Å². The van der Waals surface area contributed by atoms with Gasteiger partial charge in [0.1, 0.15) is 0 Å². The van der Waals surface area contributed by atoms with Gasteiger partial charge in [0, 0.05) is 45.0 Å². The minimum Gasteiger partial charge on any atom is -0.339 e. The van der Waals surface area contributed by atoms with Gasteiger partial charge in [-0.15, -0.1) is 0 Å². The Labute approximate surface area is 119 Å². The average molecular weight is 275 g/mol. The fourth-order valence-electron chi connectivity index (χ4n) is 2.36. The number of carbonyl (C=O) groups is 2. The summed E-state index contributed by atoms with van der Waals surface area (Å²) in [6.45, 7) is 4.59. The van der Waals surface area contributed by atoms with Gasteiger partial charge in [0.05, 0.1) is 6.42 Å². The van der Waals surface area contributed by atoms with Crippen molar-refractivity contribution < 1.29 is 9.59 Å². The molecule has 0 saturated carbocycles. The van der Waals surface area contributed by atoms with Gasteiger partial charge in [0.25, 0.3) is 0 Å². The van der Waals surface area contributed by atoms with E-state index in [4.69, 9.17) is 0 Å². The van der Waals surface area contributed by atoms with Gasteiger partial charge in [-0.2, -0.15) is 0 Å². The Hall–Kier alpha value is -1.91. The molecule has 2 amide bonds. The second-order valence-electron chi connectivity index (χ2n) is 5.04. The molecule has 0 atom stereocenters. The van der Waals surface area contributed by atoms with E-state index in [1.54, 1.807) is 12.4 Å². The summed E-state index contributed by atoms with van der Waals surface area (Å²) in [5.41, 5.74) is 0.981. The summed E-state index contributed by atoms with van der Waals surface area (Å²) in [5.74, 6) is 0.326. The van der Waals surface area contributed by atoms with Crippen molar-refractivity contribution in [2.24, 2.45) is 0 Å². The van der Waals surface area contributed by atoms with Crippen LogP contribution in [0.1, 0.15) is 25.3 Å². The van der Waals surface area contributed by atoms with Gasteiger partial charge in [0.15, 0.2) is 0 Å². The molecule has 5 nitrogen and oxygen atoms in total. The van der Waals surface area contributed by atoms with Crippen LogP contribution in [-0.2, 0) is 16.0 Å². The van der Waals surface area contributed by atoms with Gasteiger partial charge in [-0.3, -0.25) is 14.6 Å². The Morgan fingerprint density at radius 3 is 2.15 bits per heavy atom. The minimum absolute atomic E-state index is 0.124. The molecule has 2 heterocycles. The quantitative estimate of drug-likeness (QED) is 0.826. The topological polar surface area (TPSA) is 53.5 Å². The third kappa shape index (κ3) is 3.79. The number of carbonyl (C=O) groups excluding carboxylic acids is 2. The highest BCUT2D eigenvalue weighted by molar-refractivity contribution is 5.80. The van der Waals surface area contributed by atoms with Crippen LogP contribution in [0.25, 0.3) is 0 Å². The maximum Gasteiger partial charge on any atom is 0.227 e. The first-order valence-corrected chi connectivity index (χ1v) is 7.15. The fraction of sp³-hybridized carbons (Fsp3) is 0.533. The van der Waals surface area contributed by atoms with Crippen LogP contribution in [0.2, 0.25) is 0 Å². The standard InChI is InChI=1S/C15H21N3O2/c1-2-3-14(19)17-8-10-18(11-9-17)15(20)12-13-4-6-16-7-5-13/h4-7H,2-3,8-12H2,1H3. The van der Waals surface area contributed by atoms with Crippen LogP contribution in [0.5, 0.6) is 0 Å². The lowest BCUT2D eigenvalue weighted by molar-refractivity contribution is -0.139. The second-order valence-corrected chi connectivity index (χ2v) is 5.04. The molecule has 0 aromatic carbocycles. The first-order valence-electron chi connectivity index (χ1n) is 7.15. The molecule has 1 aliphatic rings. The van der Waals surface area contributed by atoms with E-state index in [9.17, 15) is 9.59 Å². The van der Waals surface area contributed by atoms with E-state index in [0.29, 0.717) is 39.0 Å². The van der Waals surface area contributed by atoms with E-state index >= 15 is 0 Å². The molecule has 0 aliphatic carbocycles. The van der Waals surface area contributed by atoms with Crippen LogP contribution >= 0.6 is 0 Å². The molecule has 2 rings (SSSR count). The smallest absolute Gasteiger partial charge is 0.227 e. The molecule has 0 bridgehead atoms. The lowest BCUT2D eigenvalue weighted by Gasteiger charge is -2.35. The van der Waals surface area contributed by atoms with Crippen molar-refractivity contribution in [1.82, 2.24) is 14.8 Å². The molecule has 20 heavy (non-hydrogen) atoms. The maximum atomic E-state index is 12.2. The van der Waals surface area contributed by atoms with Gasteiger partial charge >= 0.3 is 0 Å². The number of hydrogen-bond acceptors (Lipinski definition) is 3. The first kappa shape index (κ1) is 14.5. The van der Waals surface area contributed by atoms with Crippen molar-refractivity contribution in [3.8, 4) is 0 Å². The molecular formula is C15H21N3O2. The molecule has 108 valence electrons. The number of pyridine rings is 1. The summed E-state index contributed by atoms with van der Waals surface area (Å²) in [6.07, 6.45) is 5.28. The zero-order valence-corrected chi connectivity index (χ0v) is 11.9. The SMILES string of the molecule is CCCC(=O)N1CCN(C(=O)Cc2ccncc2)CC1. The summed E-state index contributed by atoms with van der Waals surface area (Å²) in [4.78, 5) is 31.6. The Morgan fingerprint density at radius 2 is 1.60 bits per heavy atom. The molecule has 0 spiro atoms. The molecule has 0 unspecified atom stereocenters. The van der Waals surface area contributed by atoms with Crippen molar-refractivity contribution in [1.29, 1.82) is 0 Å². The van der Waals surface area contributed by atoms with Crippen LogP contribution in [0.3, 0.4) is 0 Å². The zero-order valence-electron chi connectivity index (χ0n) is 11.9. The highest BCUT2D eigenvalue weighted by atomic mass is 16.2. The second kappa shape index (κ2) is 7.03. The molecule has 5 heteroatoms. The summed E-state index contributed by atoms with van der Waals surface area (Å²) < 4.78 is 0. The maximum absolute atomic E-state index is 12.2. The van der Waals surface area contributed by atoms with Crippen LogP contribution in [-0.4, -0.2) is 52.8 Å². The summed E-state index contributed by atoms with van der Waals surface area (Å²) in [7, 11) is 0. The van der Waals surface area contributed by atoms with Crippen molar-refractivity contribution in [3.05, 3.63) is 30.1 Å². The van der Waals surface area contributed by atoms with Crippen molar-refractivity contribution in [2.75, 3.05) is 26.2 Å². The Bertz CT molecular complexity index is 453. The Balaban J connectivity index is 1.81. The van der Waals surface area contributed by atoms with Crippen LogP contribution in [0.15, 0.2) is 24.5 Å². The third-order valence-electron chi connectivity index (χ3n) is 3.55. The highest BCUT2D eigenvalue weighted by Gasteiger charge is 2.23. The predicted molar refractivity (Wildman–Crippen MR) is 76.0 cm³/mol.